The summed E-state index contributed by atoms with van der Waals surface area (Å²) in [7, 11) is 0. The minimum Gasteiger partial charge on any atom is -0.396 e. The highest BCUT2D eigenvalue weighted by atomic mass is 127. The van der Waals surface area contributed by atoms with Gasteiger partial charge in [-0.25, -0.2) is 0 Å². The van der Waals surface area contributed by atoms with E-state index in [1.807, 2.05) is 25.1 Å². The van der Waals surface area contributed by atoms with Crippen molar-refractivity contribution in [1.29, 1.82) is 0 Å². The number of halogens is 2. The summed E-state index contributed by atoms with van der Waals surface area (Å²) >= 11 is 5.98. The Morgan fingerprint density at radius 3 is 2.73 bits per heavy atom. The van der Waals surface area contributed by atoms with Gasteiger partial charge < -0.3 is 15.7 Å². The van der Waals surface area contributed by atoms with Crippen LogP contribution in [0.1, 0.15) is 25.3 Å². The van der Waals surface area contributed by atoms with Crippen molar-refractivity contribution in [1.82, 2.24) is 10.6 Å². The molecular formula is C16H25ClIN3O. The third-order valence-corrected chi connectivity index (χ3v) is 4.04. The van der Waals surface area contributed by atoms with Crippen molar-refractivity contribution in [3.05, 3.63) is 34.9 Å². The Morgan fingerprint density at radius 2 is 2.14 bits per heavy atom. The molecule has 1 aliphatic carbocycles. The van der Waals surface area contributed by atoms with Crippen molar-refractivity contribution in [3.8, 4) is 0 Å². The van der Waals surface area contributed by atoms with Crippen LogP contribution >= 0.6 is 35.6 Å². The van der Waals surface area contributed by atoms with E-state index in [0.29, 0.717) is 6.54 Å². The number of hydrogen-bond donors (Lipinski definition) is 3. The molecule has 0 aromatic heterocycles. The van der Waals surface area contributed by atoms with E-state index in [1.165, 1.54) is 5.56 Å². The Kier molecular flexibility index (Phi) is 8.49. The fourth-order valence-corrected chi connectivity index (χ4v) is 2.36. The van der Waals surface area contributed by atoms with Crippen LogP contribution in [0.2, 0.25) is 5.02 Å². The second-order valence-corrected chi connectivity index (χ2v) is 6.10. The maximum absolute atomic E-state index is 9.33. The first-order valence-electron chi connectivity index (χ1n) is 7.55. The summed E-state index contributed by atoms with van der Waals surface area (Å²) in [6.45, 7) is 4.61. The maximum atomic E-state index is 9.33. The monoisotopic (exact) mass is 437 g/mol. The number of nitrogens with one attached hydrogen (secondary N) is 2. The van der Waals surface area contributed by atoms with Crippen molar-refractivity contribution in [3.63, 3.8) is 0 Å². The molecule has 3 N–H and O–H groups in total. The van der Waals surface area contributed by atoms with Crippen molar-refractivity contribution >= 4 is 41.5 Å². The molecule has 0 atom stereocenters. The zero-order chi connectivity index (χ0) is 15.1. The summed E-state index contributed by atoms with van der Waals surface area (Å²) in [5.74, 6) is 0.819. The largest absolute Gasteiger partial charge is 0.396 e. The van der Waals surface area contributed by atoms with Crippen LogP contribution in [0.25, 0.3) is 0 Å². The first kappa shape index (κ1) is 19.5. The summed E-state index contributed by atoms with van der Waals surface area (Å²) < 4.78 is 0. The van der Waals surface area contributed by atoms with Crippen LogP contribution in [0.4, 0.5) is 0 Å². The number of rotatable bonds is 7. The summed E-state index contributed by atoms with van der Waals surface area (Å²) in [6.07, 6.45) is 3.06. The van der Waals surface area contributed by atoms with Gasteiger partial charge in [0, 0.05) is 23.5 Å². The quantitative estimate of drug-likeness (QED) is 0.349. The van der Waals surface area contributed by atoms with Crippen molar-refractivity contribution in [2.45, 2.75) is 26.2 Å². The standard InChI is InChI=1S/C16H24ClN3O.HI/c1-2-18-15(20-11-16(12-21)7-8-16)19-9-6-13-4-3-5-14(17)10-13;/h3-5,10,21H,2,6-9,11-12H2,1H3,(H2,18,19,20);1H. The highest BCUT2D eigenvalue weighted by Crippen LogP contribution is 2.45. The van der Waals surface area contributed by atoms with Gasteiger partial charge in [0.05, 0.1) is 13.2 Å². The van der Waals surface area contributed by atoms with Gasteiger partial charge in [-0.15, -0.1) is 24.0 Å². The SMILES string of the molecule is CCNC(=NCC1(CO)CC1)NCCc1cccc(Cl)c1.I. The molecule has 22 heavy (non-hydrogen) atoms. The molecule has 1 fully saturated rings. The molecular weight excluding hydrogens is 413 g/mol. The molecule has 0 heterocycles. The summed E-state index contributed by atoms with van der Waals surface area (Å²) in [6, 6.07) is 7.91. The second-order valence-electron chi connectivity index (χ2n) is 5.66. The van der Waals surface area contributed by atoms with E-state index in [0.717, 1.165) is 43.3 Å². The lowest BCUT2D eigenvalue weighted by atomic mass is 10.1. The molecule has 0 aliphatic heterocycles. The number of aliphatic imine (C=N–C) groups is 1. The zero-order valence-electron chi connectivity index (χ0n) is 12.9. The van der Waals surface area contributed by atoms with Crippen molar-refractivity contribution in [2.75, 3.05) is 26.2 Å². The number of hydrogen-bond acceptors (Lipinski definition) is 2. The molecule has 124 valence electrons. The third-order valence-electron chi connectivity index (χ3n) is 3.80. The maximum Gasteiger partial charge on any atom is 0.191 e. The Morgan fingerprint density at radius 1 is 1.36 bits per heavy atom. The van der Waals surface area contributed by atoms with Crippen LogP contribution in [-0.2, 0) is 6.42 Å². The van der Waals surface area contributed by atoms with Crippen molar-refractivity contribution in [2.24, 2.45) is 10.4 Å². The molecule has 1 aromatic rings. The lowest BCUT2D eigenvalue weighted by Gasteiger charge is -2.13. The summed E-state index contributed by atoms with van der Waals surface area (Å²) in [5.41, 5.74) is 1.26. The lowest BCUT2D eigenvalue weighted by Crippen LogP contribution is -2.38. The molecule has 0 amide bonds. The zero-order valence-corrected chi connectivity index (χ0v) is 16.0. The number of nitrogens with zero attached hydrogens (tertiary/aromatic N) is 1. The summed E-state index contributed by atoms with van der Waals surface area (Å²) in [5, 5.41) is 16.7. The van der Waals surface area contributed by atoms with E-state index < -0.39 is 0 Å². The van der Waals surface area contributed by atoms with Gasteiger partial charge in [-0.2, -0.15) is 0 Å². The lowest BCUT2D eigenvalue weighted by molar-refractivity contribution is 0.217. The number of aliphatic hydroxyl groups is 1. The average Bonchev–Trinajstić information content (AvgIpc) is 3.25. The molecule has 4 nitrogen and oxygen atoms in total. The first-order valence-corrected chi connectivity index (χ1v) is 7.93. The first-order chi connectivity index (χ1) is 10.2. The molecule has 1 saturated carbocycles. The minimum atomic E-state index is 0. The predicted octanol–water partition coefficient (Wildman–Crippen LogP) is 2.83. The highest BCUT2D eigenvalue weighted by Gasteiger charge is 2.41. The van der Waals surface area contributed by atoms with E-state index in [4.69, 9.17) is 11.6 Å². The van der Waals surface area contributed by atoms with Crippen LogP contribution in [0.5, 0.6) is 0 Å². The fourth-order valence-electron chi connectivity index (χ4n) is 2.15. The van der Waals surface area contributed by atoms with E-state index >= 15 is 0 Å². The van der Waals surface area contributed by atoms with Crippen LogP contribution < -0.4 is 10.6 Å². The van der Waals surface area contributed by atoms with Crippen LogP contribution in [-0.4, -0.2) is 37.3 Å². The van der Waals surface area contributed by atoms with Gasteiger partial charge in [0.2, 0.25) is 0 Å². The third kappa shape index (κ3) is 6.30. The Balaban J connectivity index is 0.00000242. The van der Waals surface area contributed by atoms with Gasteiger partial charge in [-0.3, -0.25) is 4.99 Å². The van der Waals surface area contributed by atoms with Gasteiger partial charge in [0.15, 0.2) is 5.96 Å². The number of aliphatic hydroxyl groups excluding tert-OH is 1. The molecule has 0 unspecified atom stereocenters. The molecule has 1 aromatic carbocycles. The second kappa shape index (κ2) is 9.57. The summed E-state index contributed by atoms with van der Waals surface area (Å²) in [4.78, 5) is 4.58. The predicted molar refractivity (Wildman–Crippen MR) is 103 cm³/mol. The van der Waals surface area contributed by atoms with Gasteiger partial charge in [-0.05, 0) is 43.9 Å². The van der Waals surface area contributed by atoms with E-state index in [9.17, 15) is 5.11 Å². The van der Waals surface area contributed by atoms with E-state index in [-0.39, 0.29) is 36.0 Å². The average molecular weight is 438 g/mol. The topological polar surface area (TPSA) is 56.7 Å². The molecule has 6 heteroatoms. The molecule has 0 bridgehead atoms. The van der Waals surface area contributed by atoms with Gasteiger partial charge in [0.1, 0.15) is 0 Å². The Labute approximate surface area is 154 Å². The van der Waals surface area contributed by atoms with Gasteiger partial charge in [0.25, 0.3) is 0 Å². The van der Waals surface area contributed by atoms with E-state index in [2.05, 4.69) is 21.7 Å². The normalized spacial score (nSPS) is 15.9. The molecule has 1 aliphatic rings. The molecule has 2 rings (SSSR count). The Bertz CT molecular complexity index is 492. The van der Waals surface area contributed by atoms with Crippen LogP contribution in [0.15, 0.2) is 29.3 Å². The van der Waals surface area contributed by atoms with Crippen LogP contribution in [0.3, 0.4) is 0 Å². The van der Waals surface area contributed by atoms with Gasteiger partial charge >= 0.3 is 0 Å². The molecule has 0 spiro atoms. The highest BCUT2D eigenvalue weighted by molar-refractivity contribution is 14.0. The van der Waals surface area contributed by atoms with E-state index in [1.54, 1.807) is 0 Å². The molecule has 0 radical (unpaired) electrons. The van der Waals surface area contributed by atoms with Gasteiger partial charge in [-0.1, -0.05) is 23.7 Å². The molecule has 0 saturated heterocycles. The fraction of sp³-hybridized carbons (Fsp3) is 0.562. The Hall–Kier alpha value is -0.530. The minimum absolute atomic E-state index is 0. The van der Waals surface area contributed by atoms with Crippen LogP contribution in [0, 0.1) is 5.41 Å². The van der Waals surface area contributed by atoms with Crippen molar-refractivity contribution < 1.29 is 5.11 Å². The smallest absolute Gasteiger partial charge is 0.191 e. The number of benzene rings is 1. The number of guanidine groups is 1.